The monoisotopic (exact) mass is 253 g/mol. The van der Waals surface area contributed by atoms with Crippen molar-refractivity contribution in [3.63, 3.8) is 0 Å². The number of carbonyl (C=O) groups excluding carboxylic acids is 1. The van der Waals surface area contributed by atoms with Gasteiger partial charge < -0.3 is 9.64 Å². The second-order valence-corrected chi connectivity index (χ2v) is 6.99. The van der Waals surface area contributed by atoms with Gasteiger partial charge in [-0.2, -0.15) is 0 Å². The largest absolute Gasteiger partial charge is 0.460 e. The Morgan fingerprint density at radius 1 is 1.22 bits per heavy atom. The summed E-state index contributed by atoms with van der Waals surface area (Å²) in [6.45, 7) is 9.04. The molecule has 104 valence electrons. The van der Waals surface area contributed by atoms with Gasteiger partial charge in [-0.1, -0.05) is 6.42 Å². The Bertz CT molecular complexity index is 283. The van der Waals surface area contributed by atoms with Crippen molar-refractivity contribution in [2.45, 2.75) is 58.5 Å². The van der Waals surface area contributed by atoms with Crippen molar-refractivity contribution < 1.29 is 9.53 Å². The second-order valence-electron chi connectivity index (χ2n) is 6.99. The van der Waals surface area contributed by atoms with Crippen LogP contribution in [0.15, 0.2) is 0 Å². The fraction of sp³-hybridized carbons (Fsp3) is 0.933. The lowest BCUT2D eigenvalue weighted by molar-refractivity contribution is -0.155. The predicted octanol–water partition coefficient (Wildman–Crippen LogP) is 2.84. The van der Waals surface area contributed by atoms with Gasteiger partial charge in [0.15, 0.2) is 0 Å². The number of nitrogens with zero attached hydrogens (tertiary/aromatic N) is 1. The first kappa shape index (κ1) is 13.9. The van der Waals surface area contributed by atoms with E-state index in [0.29, 0.717) is 6.42 Å². The highest BCUT2D eigenvalue weighted by Gasteiger charge is 2.30. The van der Waals surface area contributed by atoms with Crippen molar-refractivity contribution in [2.75, 3.05) is 19.6 Å². The first-order valence-electron chi connectivity index (χ1n) is 7.36. The Kier molecular flexibility index (Phi) is 4.31. The van der Waals surface area contributed by atoms with Crippen LogP contribution in [0.2, 0.25) is 0 Å². The standard InChI is InChI=1S/C15H27NO2/c1-15(2,3)18-14(17)7-8-16-10-12-5-4-6-13(9-12)11-16/h12-13H,4-11H2,1-3H3. The molecule has 3 heteroatoms. The fourth-order valence-electron chi connectivity index (χ4n) is 3.36. The van der Waals surface area contributed by atoms with Gasteiger partial charge in [0.25, 0.3) is 0 Å². The maximum absolute atomic E-state index is 11.7. The zero-order chi connectivity index (χ0) is 13.2. The summed E-state index contributed by atoms with van der Waals surface area (Å²) in [6.07, 6.45) is 6.15. The summed E-state index contributed by atoms with van der Waals surface area (Å²) < 4.78 is 5.36. The molecule has 0 aromatic carbocycles. The number of piperidine rings is 1. The van der Waals surface area contributed by atoms with Gasteiger partial charge in [0.05, 0.1) is 6.42 Å². The maximum Gasteiger partial charge on any atom is 0.307 e. The van der Waals surface area contributed by atoms with Gasteiger partial charge in [-0.3, -0.25) is 4.79 Å². The number of fused-ring (bicyclic) bond motifs is 2. The SMILES string of the molecule is CC(C)(C)OC(=O)CCN1CC2CCCC(C2)C1. The first-order valence-corrected chi connectivity index (χ1v) is 7.36. The molecule has 2 unspecified atom stereocenters. The number of hydrogen-bond acceptors (Lipinski definition) is 3. The van der Waals surface area contributed by atoms with Crippen molar-refractivity contribution in [3.05, 3.63) is 0 Å². The van der Waals surface area contributed by atoms with Crippen LogP contribution in [-0.2, 0) is 9.53 Å². The third-order valence-electron chi connectivity index (χ3n) is 3.98. The van der Waals surface area contributed by atoms with Crippen LogP contribution in [-0.4, -0.2) is 36.1 Å². The van der Waals surface area contributed by atoms with Gasteiger partial charge in [0.1, 0.15) is 5.60 Å². The lowest BCUT2D eigenvalue weighted by Gasteiger charge is -2.41. The number of ether oxygens (including phenoxy) is 1. The highest BCUT2D eigenvalue weighted by molar-refractivity contribution is 5.70. The van der Waals surface area contributed by atoms with Gasteiger partial charge in [-0.15, -0.1) is 0 Å². The third-order valence-corrected chi connectivity index (χ3v) is 3.98. The summed E-state index contributed by atoms with van der Waals surface area (Å²) in [5, 5.41) is 0. The average molecular weight is 253 g/mol. The van der Waals surface area contributed by atoms with Gasteiger partial charge >= 0.3 is 5.97 Å². The molecule has 1 aliphatic carbocycles. The minimum Gasteiger partial charge on any atom is -0.460 e. The molecule has 1 saturated carbocycles. The summed E-state index contributed by atoms with van der Waals surface area (Å²) in [4.78, 5) is 14.2. The molecule has 2 rings (SSSR count). The Morgan fingerprint density at radius 2 is 1.83 bits per heavy atom. The molecule has 0 spiro atoms. The molecule has 3 nitrogen and oxygen atoms in total. The molecule has 0 aromatic heterocycles. The summed E-state index contributed by atoms with van der Waals surface area (Å²) in [5.41, 5.74) is -0.352. The number of carbonyl (C=O) groups is 1. The first-order chi connectivity index (χ1) is 8.42. The molecule has 0 radical (unpaired) electrons. The van der Waals surface area contributed by atoms with E-state index in [9.17, 15) is 4.79 Å². The Labute approximate surface area is 111 Å². The van der Waals surface area contributed by atoms with Crippen LogP contribution in [0.25, 0.3) is 0 Å². The number of esters is 1. The van der Waals surface area contributed by atoms with E-state index >= 15 is 0 Å². The Hall–Kier alpha value is -0.570. The van der Waals surface area contributed by atoms with Crippen LogP contribution >= 0.6 is 0 Å². The van der Waals surface area contributed by atoms with E-state index < -0.39 is 0 Å². The maximum atomic E-state index is 11.7. The van der Waals surface area contributed by atoms with Crippen molar-refractivity contribution in [3.8, 4) is 0 Å². The predicted molar refractivity (Wildman–Crippen MR) is 72.4 cm³/mol. The van der Waals surface area contributed by atoms with Crippen molar-refractivity contribution in [1.29, 1.82) is 0 Å². The van der Waals surface area contributed by atoms with Crippen LogP contribution < -0.4 is 0 Å². The van der Waals surface area contributed by atoms with Crippen LogP contribution in [0.4, 0.5) is 0 Å². The lowest BCUT2D eigenvalue weighted by Crippen LogP contribution is -2.43. The molecular formula is C15H27NO2. The number of rotatable bonds is 3. The average Bonchev–Trinajstić information content (AvgIpc) is 2.23. The Morgan fingerprint density at radius 3 is 2.39 bits per heavy atom. The molecule has 0 N–H and O–H groups in total. The van der Waals surface area contributed by atoms with Gasteiger partial charge in [0, 0.05) is 19.6 Å². The van der Waals surface area contributed by atoms with Crippen molar-refractivity contribution >= 4 is 5.97 Å². The Balaban J connectivity index is 1.72. The second kappa shape index (κ2) is 5.60. The topological polar surface area (TPSA) is 29.5 Å². The van der Waals surface area contributed by atoms with E-state index in [0.717, 1.165) is 18.4 Å². The summed E-state index contributed by atoms with van der Waals surface area (Å²) >= 11 is 0. The highest BCUT2D eigenvalue weighted by Crippen LogP contribution is 2.34. The van der Waals surface area contributed by atoms with Crippen LogP contribution in [0, 0.1) is 11.8 Å². The molecule has 2 bridgehead atoms. The molecular weight excluding hydrogens is 226 g/mol. The summed E-state index contributed by atoms with van der Waals surface area (Å²) in [5.74, 6) is 1.71. The van der Waals surface area contributed by atoms with E-state index in [1.807, 2.05) is 20.8 Å². The molecule has 1 heterocycles. The fourth-order valence-corrected chi connectivity index (χ4v) is 3.36. The molecule has 18 heavy (non-hydrogen) atoms. The van der Waals surface area contributed by atoms with E-state index in [1.54, 1.807) is 0 Å². The normalized spacial score (nSPS) is 29.1. The zero-order valence-corrected chi connectivity index (χ0v) is 12.1. The van der Waals surface area contributed by atoms with Crippen molar-refractivity contribution in [1.82, 2.24) is 4.90 Å². The van der Waals surface area contributed by atoms with Crippen LogP contribution in [0.1, 0.15) is 52.9 Å². The van der Waals surface area contributed by atoms with Crippen molar-refractivity contribution in [2.24, 2.45) is 11.8 Å². The van der Waals surface area contributed by atoms with E-state index in [-0.39, 0.29) is 11.6 Å². The third kappa shape index (κ3) is 4.27. The highest BCUT2D eigenvalue weighted by atomic mass is 16.6. The van der Waals surface area contributed by atoms with Gasteiger partial charge in [-0.25, -0.2) is 0 Å². The number of likely N-dealkylation sites (tertiary alicyclic amines) is 1. The lowest BCUT2D eigenvalue weighted by atomic mass is 9.78. The number of hydrogen-bond donors (Lipinski definition) is 0. The quantitative estimate of drug-likeness (QED) is 0.724. The van der Waals surface area contributed by atoms with Gasteiger partial charge in [-0.05, 0) is 51.9 Å². The summed E-state index contributed by atoms with van der Waals surface area (Å²) in [6, 6.07) is 0. The molecule has 0 amide bonds. The molecule has 2 aliphatic rings. The summed E-state index contributed by atoms with van der Waals surface area (Å²) in [7, 11) is 0. The minimum atomic E-state index is -0.352. The molecule has 1 saturated heterocycles. The molecule has 1 aliphatic heterocycles. The minimum absolute atomic E-state index is 0.0572. The van der Waals surface area contributed by atoms with E-state index in [4.69, 9.17) is 4.74 Å². The van der Waals surface area contributed by atoms with E-state index in [1.165, 1.54) is 38.8 Å². The van der Waals surface area contributed by atoms with Crippen LogP contribution in [0.5, 0.6) is 0 Å². The molecule has 2 fully saturated rings. The van der Waals surface area contributed by atoms with E-state index in [2.05, 4.69) is 4.90 Å². The molecule has 2 atom stereocenters. The zero-order valence-electron chi connectivity index (χ0n) is 12.1. The molecule has 0 aromatic rings. The van der Waals surface area contributed by atoms with Gasteiger partial charge in [0.2, 0.25) is 0 Å². The van der Waals surface area contributed by atoms with Crippen LogP contribution in [0.3, 0.4) is 0 Å². The smallest absolute Gasteiger partial charge is 0.307 e.